The van der Waals surface area contributed by atoms with Crippen LogP contribution in [0.1, 0.15) is 13.8 Å². The Morgan fingerprint density at radius 3 is 2.75 bits per heavy atom. The van der Waals surface area contributed by atoms with E-state index in [1.54, 1.807) is 0 Å². The van der Waals surface area contributed by atoms with E-state index in [2.05, 4.69) is 28.2 Å². The van der Waals surface area contributed by atoms with Gasteiger partial charge >= 0.3 is 0 Å². The molecule has 1 aliphatic rings. The van der Waals surface area contributed by atoms with Crippen LogP contribution in [0, 0.1) is 5.92 Å². The first kappa shape index (κ1) is 9.99. The van der Waals surface area contributed by atoms with Crippen LogP contribution >= 0.6 is 15.9 Å². The number of alkyl halides is 1. The van der Waals surface area contributed by atoms with E-state index in [1.165, 1.54) is 0 Å². The Morgan fingerprint density at radius 1 is 1.67 bits per heavy atom. The van der Waals surface area contributed by atoms with Crippen molar-refractivity contribution in [3.05, 3.63) is 0 Å². The Kier molecular flexibility index (Phi) is 3.53. The largest absolute Gasteiger partial charge is 0.376 e. The lowest BCUT2D eigenvalue weighted by Gasteiger charge is -2.16. The van der Waals surface area contributed by atoms with E-state index in [1.807, 2.05) is 6.92 Å². The van der Waals surface area contributed by atoms with Crippen LogP contribution in [0.4, 0.5) is 0 Å². The summed E-state index contributed by atoms with van der Waals surface area (Å²) in [5.74, 6) is 0.442. The Bertz CT molecular complexity index is 174. The van der Waals surface area contributed by atoms with Crippen molar-refractivity contribution in [2.45, 2.75) is 26.0 Å². The van der Waals surface area contributed by atoms with Gasteiger partial charge in [0.15, 0.2) is 0 Å². The smallest absolute Gasteiger partial charge is 0.230 e. The van der Waals surface area contributed by atoms with Gasteiger partial charge < -0.3 is 10.1 Å². The molecule has 1 saturated heterocycles. The molecule has 12 heavy (non-hydrogen) atoms. The summed E-state index contributed by atoms with van der Waals surface area (Å²) in [6.07, 6.45) is 0.255. The highest BCUT2D eigenvalue weighted by Gasteiger charge is 2.31. The van der Waals surface area contributed by atoms with Gasteiger partial charge in [-0.2, -0.15) is 0 Å². The lowest BCUT2D eigenvalue weighted by Crippen LogP contribution is -2.40. The molecule has 0 aromatic rings. The first-order chi connectivity index (χ1) is 5.65. The van der Waals surface area contributed by atoms with Crippen molar-refractivity contribution >= 4 is 21.8 Å². The van der Waals surface area contributed by atoms with Gasteiger partial charge in [-0.3, -0.25) is 4.79 Å². The fourth-order valence-electron chi connectivity index (χ4n) is 1.30. The average Bonchev–Trinajstić information content (AvgIpc) is 2.36. The fraction of sp³-hybridized carbons (Fsp3) is 0.875. The Morgan fingerprint density at radius 2 is 2.33 bits per heavy atom. The van der Waals surface area contributed by atoms with Gasteiger partial charge in [-0.15, -0.1) is 0 Å². The van der Waals surface area contributed by atoms with Crippen LogP contribution in [0.15, 0.2) is 0 Å². The molecule has 0 spiro atoms. The summed E-state index contributed by atoms with van der Waals surface area (Å²) >= 11 is 3.10. The molecular weight excluding hydrogens is 222 g/mol. The molecule has 3 atom stereocenters. The first-order valence-electron chi connectivity index (χ1n) is 4.12. The molecular formula is C8H14BrNO2. The molecule has 0 aromatic carbocycles. The number of amides is 1. The number of hydrogen-bond acceptors (Lipinski definition) is 2. The van der Waals surface area contributed by atoms with E-state index in [9.17, 15) is 4.79 Å². The number of halogens is 1. The molecule has 3 unspecified atom stereocenters. The van der Waals surface area contributed by atoms with Crippen LogP contribution in [0.3, 0.4) is 0 Å². The lowest BCUT2D eigenvalue weighted by molar-refractivity contribution is -0.119. The molecule has 0 radical (unpaired) electrons. The quantitative estimate of drug-likeness (QED) is 0.724. The van der Waals surface area contributed by atoms with Crippen LogP contribution in [0.5, 0.6) is 0 Å². The molecule has 0 aromatic heterocycles. The van der Waals surface area contributed by atoms with Crippen molar-refractivity contribution in [3.8, 4) is 0 Å². The fourth-order valence-corrected chi connectivity index (χ4v) is 1.47. The third-order valence-corrected chi connectivity index (χ3v) is 2.89. The highest BCUT2D eigenvalue weighted by molar-refractivity contribution is 9.09. The summed E-state index contributed by atoms with van der Waals surface area (Å²) in [6, 6.07) is 0.185. The van der Waals surface area contributed by atoms with Gasteiger partial charge in [-0.25, -0.2) is 0 Å². The maximum absolute atomic E-state index is 11.0. The third-order valence-electron chi connectivity index (χ3n) is 2.38. The minimum atomic E-state index is 0.0320. The summed E-state index contributed by atoms with van der Waals surface area (Å²) in [6.45, 7) is 4.77. The summed E-state index contributed by atoms with van der Waals surface area (Å²) in [5, 5.41) is 3.26. The maximum Gasteiger partial charge on any atom is 0.230 e. The molecule has 1 amide bonds. The predicted octanol–water partition coefficient (Wildman–Crippen LogP) is 0.921. The van der Waals surface area contributed by atoms with Crippen molar-refractivity contribution in [2.24, 2.45) is 5.92 Å². The highest BCUT2D eigenvalue weighted by atomic mass is 79.9. The number of rotatable bonds is 2. The summed E-state index contributed by atoms with van der Waals surface area (Å²) in [4.78, 5) is 11.0. The molecule has 1 fully saturated rings. The highest BCUT2D eigenvalue weighted by Crippen LogP contribution is 2.19. The van der Waals surface area contributed by atoms with E-state index >= 15 is 0 Å². The SMILES string of the molecule is CC1OCC(NC(=O)CBr)C1C. The average molecular weight is 236 g/mol. The number of hydrogen-bond donors (Lipinski definition) is 1. The molecule has 1 rings (SSSR count). The van der Waals surface area contributed by atoms with E-state index in [-0.39, 0.29) is 18.1 Å². The van der Waals surface area contributed by atoms with Crippen molar-refractivity contribution in [1.82, 2.24) is 5.32 Å². The second kappa shape index (κ2) is 4.23. The molecule has 1 N–H and O–H groups in total. The van der Waals surface area contributed by atoms with Gasteiger partial charge in [0.2, 0.25) is 5.91 Å². The van der Waals surface area contributed by atoms with Crippen LogP contribution in [0.25, 0.3) is 0 Å². The Labute approximate surface area is 81.0 Å². The second-order valence-corrected chi connectivity index (χ2v) is 3.77. The summed E-state index contributed by atoms with van der Waals surface area (Å²) in [7, 11) is 0. The van der Waals surface area contributed by atoms with Gasteiger partial charge in [0, 0.05) is 5.92 Å². The monoisotopic (exact) mass is 235 g/mol. The molecule has 4 heteroatoms. The number of carbonyl (C=O) groups is 1. The topological polar surface area (TPSA) is 38.3 Å². The van der Waals surface area contributed by atoms with Crippen LogP contribution in [-0.2, 0) is 9.53 Å². The first-order valence-corrected chi connectivity index (χ1v) is 5.24. The van der Waals surface area contributed by atoms with Gasteiger partial charge in [0.25, 0.3) is 0 Å². The standard InChI is InChI=1S/C8H14BrNO2/c1-5-6(2)12-4-7(5)10-8(11)3-9/h5-7H,3-4H2,1-2H3,(H,10,11). The van der Waals surface area contributed by atoms with Gasteiger partial charge in [-0.1, -0.05) is 22.9 Å². The van der Waals surface area contributed by atoms with E-state index in [0.29, 0.717) is 17.9 Å². The van der Waals surface area contributed by atoms with Crippen molar-refractivity contribution in [1.29, 1.82) is 0 Å². The normalized spacial score (nSPS) is 35.1. The second-order valence-electron chi connectivity index (χ2n) is 3.21. The zero-order valence-electron chi connectivity index (χ0n) is 7.34. The van der Waals surface area contributed by atoms with Crippen molar-refractivity contribution in [2.75, 3.05) is 11.9 Å². The molecule has 0 saturated carbocycles. The van der Waals surface area contributed by atoms with E-state index in [4.69, 9.17) is 4.74 Å². The number of carbonyl (C=O) groups excluding carboxylic acids is 1. The van der Waals surface area contributed by atoms with Crippen LogP contribution < -0.4 is 5.32 Å². The predicted molar refractivity (Wildman–Crippen MR) is 50.3 cm³/mol. The van der Waals surface area contributed by atoms with Crippen LogP contribution in [-0.4, -0.2) is 30.0 Å². The van der Waals surface area contributed by atoms with Crippen molar-refractivity contribution < 1.29 is 9.53 Å². The van der Waals surface area contributed by atoms with E-state index in [0.717, 1.165) is 0 Å². The van der Waals surface area contributed by atoms with Gasteiger partial charge in [-0.05, 0) is 6.92 Å². The van der Waals surface area contributed by atoms with Gasteiger partial charge in [0.1, 0.15) is 0 Å². The third kappa shape index (κ3) is 2.20. The Hall–Kier alpha value is -0.0900. The molecule has 1 heterocycles. The zero-order chi connectivity index (χ0) is 9.14. The molecule has 3 nitrogen and oxygen atoms in total. The Balaban J connectivity index is 2.38. The van der Waals surface area contributed by atoms with Gasteiger partial charge in [0.05, 0.1) is 24.1 Å². The van der Waals surface area contributed by atoms with Crippen LogP contribution in [0.2, 0.25) is 0 Å². The summed E-state index contributed by atoms with van der Waals surface area (Å²) < 4.78 is 5.39. The lowest BCUT2D eigenvalue weighted by atomic mass is 10.0. The minimum absolute atomic E-state index is 0.0320. The van der Waals surface area contributed by atoms with E-state index < -0.39 is 0 Å². The number of ether oxygens (including phenoxy) is 1. The minimum Gasteiger partial charge on any atom is -0.376 e. The molecule has 0 aliphatic carbocycles. The summed E-state index contributed by atoms with van der Waals surface area (Å²) in [5.41, 5.74) is 0. The molecule has 1 aliphatic heterocycles. The van der Waals surface area contributed by atoms with Crippen molar-refractivity contribution in [3.63, 3.8) is 0 Å². The zero-order valence-corrected chi connectivity index (χ0v) is 8.93. The number of nitrogens with one attached hydrogen (secondary N) is 1. The molecule has 70 valence electrons. The molecule has 0 bridgehead atoms. The maximum atomic E-state index is 11.0.